The van der Waals surface area contributed by atoms with Crippen molar-refractivity contribution in [1.29, 1.82) is 0 Å². The molecule has 0 bridgehead atoms. The van der Waals surface area contributed by atoms with Crippen molar-refractivity contribution >= 4 is 17.6 Å². The van der Waals surface area contributed by atoms with Gasteiger partial charge in [-0.15, -0.1) is 0 Å². The highest BCUT2D eigenvalue weighted by molar-refractivity contribution is 5.95. The highest BCUT2D eigenvalue weighted by atomic mass is 16.2. The van der Waals surface area contributed by atoms with E-state index in [2.05, 4.69) is 11.4 Å². The van der Waals surface area contributed by atoms with Crippen LogP contribution in [0.5, 0.6) is 0 Å². The van der Waals surface area contributed by atoms with Gasteiger partial charge >= 0.3 is 6.03 Å². The first-order valence-electron chi connectivity index (χ1n) is 10.5. The first-order valence-corrected chi connectivity index (χ1v) is 10.5. The van der Waals surface area contributed by atoms with Crippen LogP contribution < -0.4 is 10.2 Å². The molecule has 3 rings (SSSR count). The molecule has 0 atom stereocenters. The number of hydrogen-bond donors (Lipinski definition) is 1. The van der Waals surface area contributed by atoms with Gasteiger partial charge in [0.15, 0.2) is 0 Å². The minimum atomic E-state index is 0.00388. The minimum Gasteiger partial charge on any atom is -0.335 e. The van der Waals surface area contributed by atoms with Crippen molar-refractivity contribution in [3.8, 4) is 0 Å². The lowest BCUT2D eigenvalue weighted by molar-refractivity contribution is -0.123. The summed E-state index contributed by atoms with van der Waals surface area (Å²) < 4.78 is 0. The second kappa shape index (κ2) is 9.25. The zero-order chi connectivity index (χ0) is 19.2. The van der Waals surface area contributed by atoms with Gasteiger partial charge < -0.3 is 15.1 Å². The van der Waals surface area contributed by atoms with E-state index >= 15 is 0 Å². The van der Waals surface area contributed by atoms with Crippen LogP contribution in [-0.2, 0) is 4.79 Å². The standard InChI is InChI=1S/C22H33N3O2/c1-3-25(20-11-7-8-17(2)16-20)21(26)18-12-14-24(15-13-18)22(27)23-19-9-5-4-6-10-19/h7-8,11,16,18-19H,3-6,9-10,12-15H2,1-2H3,(H,23,27). The maximum atomic E-state index is 13.0. The Morgan fingerprint density at radius 3 is 2.44 bits per heavy atom. The summed E-state index contributed by atoms with van der Waals surface area (Å²) >= 11 is 0. The number of piperidine rings is 1. The molecule has 1 N–H and O–H groups in total. The van der Waals surface area contributed by atoms with E-state index in [-0.39, 0.29) is 17.9 Å². The SMILES string of the molecule is CCN(C(=O)C1CCN(C(=O)NC2CCCCC2)CC1)c1cccc(C)c1. The number of aryl methyl sites for hydroxylation is 1. The zero-order valence-electron chi connectivity index (χ0n) is 16.7. The fourth-order valence-corrected chi connectivity index (χ4v) is 4.32. The molecule has 2 fully saturated rings. The van der Waals surface area contributed by atoms with Crippen LogP contribution in [0.4, 0.5) is 10.5 Å². The predicted molar refractivity (Wildman–Crippen MR) is 109 cm³/mol. The normalized spacial score (nSPS) is 19.0. The maximum absolute atomic E-state index is 13.0. The average molecular weight is 372 g/mol. The van der Waals surface area contributed by atoms with Gasteiger partial charge in [-0.05, 0) is 57.2 Å². The number of benzene rings is 1. The first kappa shape index (κ1) is 19.7. The third-order valence-electron chi connectivity index (χ3n) is 5.96. The lowest BCUT2D eigenvalue weighted by Gasteiger charge is -2.35. The van der Waals surface area contributed by atoms with Gasteiger partial charge in [0.25, 0.3) is 0 Å². The number of nitrogens with one attached hydrogen (secondary N) is 1. The van der Waals surface area contributed by atoms with E-state index in [1.54, 1.807) is 0 Å². The Bertz CT molecular complexity index is 647. The van der Waals surface area contributed by atoms with Crippen LogP contribution in [0, 0.1) is 12.8 Å². The van der Waals surface area contributed by atoms with E-state index in [0.29, 0.717) is 25.7 Å². The van der Waals surface area contributed by atoms with Crippen molar-refractivity contribution < 1.29 is 9.59 Å². The Balaban J connectivity index is 1.53. The number of hydrogen-bond acceptors (Lipinski definition) is 2. The highest BCUT2D eigenvalue weighted by Crippen LogP contribution is 2.25. The molecule has 0 spiro atoms. The molecule has 5 nitrogen and oxygen atoms in total. The summed E-state index contributed by atoms with van der Waals surface area (Å²) in [5.74, 6) is 0.194. The lowest BCUT2D eigenvalue weighted by Crippen LogP contribution is -2.50. The zero-order valence-corrected chi connectivity index (χ0v) is 16.7. The van der Waals surface area contributed by atoms with Crippen molar-refractivity contribution in [2.24, 2.45) is 5.92 Å². The van der Waals surface area contributed by atoms with Gasteiger partial charge in [-0.3, -0.25) is 4.79 Å². The van der Waals surface area contributed by atoms with E-state index in [4.69, 9.17) is 0 Å². The van der Waals surface area contributed by atoms with Crippen molar-refractivity contribution in [3.63, 3.8) is 0 Å². The number of anilines is 1. The summed E-state index contributed by atoms with van der Waals surface area (Å²) in [6.07, 6.45) is 7.42. The summed E-state index contributed by atoms with van der Waals surface area (Å²) in [4.78, 5) is 29.3. The largest absolute Gasteiger partial charge is 0.335 e. The van der Waals surface area contributed by atoms with Gasteiger partial charge in [0, 0.05) is 37.3 Å². The molecule has 1 saturated carbocycles. The molecule has 0 aromatic heterocycles. The molecule has 0 unspecified atom stereocenters. The Labute approximate surface area is 163 Å². The molecule has 2 aliphatic rings. The fourth-order valence-electron chi connectivity index (χ4n) is 4.32. The monoisotopic (exact) mass is 371 g/mol. The van der Waals surface area contributed by atoms with Crippen LogP contribution in [0.3, 0.4) is 0 Å². The lowest BCUT2D eigenvalue weighted by atomic mass is 9.94. The molecule has 1 saturated heterocycles. The number of carbonyl (C=O) groups excluding carboxylic acids is 2. The first-order chi connectivity index (χ1) is 13.1. The van der Waals surface area contributed by atoms with Gasteiger partial charge in [-0.25, -0.2) is 4.79 Å². The fraction of sp³-hybridized carbons (Fsp3) is 0.636. The number of likely N-dealkylation sites (tertiary alicyclic amines) is 1. The Morgan fingerprint density at radius 1 is 1.11 bits per heavy atom. The average Bonchev–Trinajstić information content (AvgIpc) is 2.69. The Hall–Kier alpha value is -2.04. The minimum absolute atomic E-state index is 0.00388. The van der Waals surface area contributed by atoms with Gasteiger partial charge in [0.2, 0.25) is 5.91 Å². The number of nitrogens with zero attached hydrogens (tertiary/aromatic N) is 2. The molecule has 27 heavy (non-hydrogen) atoms. The highest BCUT2D eigenvalue weighted by Gasteiger charge is 2.31. The molecule has 3 amide bonds. The molecule has 1 aromatic carbocycles. The van der Waals surface area contributed by atoms with E-state index in [0.717, 1.165) is 36.9 Å². The van der Waals surface area contributed by atoms with E-state index in [1.807, 2.05) is 41.8 Å². The van der Waals surface area contributed by atoms with Crippen LogP contribution in [0.1, 0.15) is 57.4 Å². The smallest absolute Gasteiger partial charge is 0.317 e. The summed E-state index contributed by atoms with van der Waals surface area (Å²) in [7, 11) is 0. The van der Waals surface area contributed by atoms with Gasteiger partial charge in [0.1, 0.15) is 0 Å². The summed E-state index contributed by atoms with van der Waals surface area (Å²) in [5.41, 5.74) is 2.13. The van der Waals surface area contributed by atoms with E-state index in [1.165, 1.54) is 19.3 Å². The van der Waals surface area contributed by atoms with Crippen molar-refractivity contribution in [1.82, 2.24) is 10.2 Å². The van der Waals surface area contributed by atoms with E-state index in [9.17, 15) is 9.59 Å². The van der Waals surface area contributed by atoms with Crippen LogP contribution >= 0.6 is 0 Å². The van der Waals surface area contributed by atoms with Crippen molar-refractivity contribution in [3.05, 3.63) is 29.8 Å². The quantitative estimate of drug-likeness (QED) is 0.866. The molecule has 1 aromatic rings. The number of carbonyl (C=O) groups is 2. The number of urea groups is 1. The summed E-state index contributed by atoms with van der Waals surface area (Å²) in [6, 6.07) is 8.50. The second-order valence-corrected chi connectivity index (χ2v) is 7.97. The van der Waals surface area contributed by atoms with Gasteiger partial charge in [-0.2, -0.15) is 0 Å². The number of amides is 3. The van der Waals surface area contributed by atoms with Crippen molar-refractivity contribution in [2.45, 2.75) is 64.8 Å². The number of rotatable bonds is 4. The van der Waals surface area contributed by atoms with E-state index < -0.39 is 0 Å². The molecule has 5 heteroatoms. The third kappa shape index (κ3) is 5.02. The van der Waals surface area contributed by atoms with Gasteiger partial charge in [-0.1, -0.05) is 31.4 Å². The predicted octanol–water partition coefficient (Wildman–Crippen LogP) is 4.10. The van der Waals surface area contributed by atoms with Crippen molar-refractivity contribution in [2.75, 3.05) is 24.5 Å². The van der Waals surface area contributed by atoms with Crippen LogP contribution in [0.2, 0.25) is 0 Å². The summed E-state index contributed by atoms with van der Waals surface area (Å²) in [5, 5.41) is 3.19. The molecule has 0 radical (unpaired) electrons. The Kier molecular flexibility index (Phi) is 6.75. The van der Waals surface area contributed by atoms with Crippen LogP contribution in [-0.4, -0.2) is 42.5 Å². The van der Waals surface area contributed by atoms with Gasteiger partial charge in [0.05, 0.1) is 0 Å². The van der Waals surface area contributed by atoms with Crippen LogP contribution in [0.25, 0.3) is 0 Å². The molecule has 1 aliphatic heterocycles. The Morgan fingerprint density at radius 2 is 1.81 bits per heavy atom. The third-order valence-corrected chi connectivity index (χ3v) is 5.96. The topological polar surface area (TPSA) is 52.7 Å². The molecule has 1 heterocycles. The maximum Gasteiger partial charge on any atom is 0.317 e. The molecule has 1 aliphatic carbocycles. The summed E-state index contributed by atoms with van der Waals surface area (Å²) in [6.45, 7) is 6.07. The van der Waals surface area contributed by atoms with Crippen LogP contribution in [0.15, 0.2) is 24.3 Å². The second-order valence-electron chi connectivity index (χ2n) is 7.97. The molecular weight excluding hydrogens is 338 g/mol. The molecular formula is C22H33N3O2. The molecule has 148 valence electrons.